The molecule has 1 amide bonds. The second-order valence-electron chi connectivity index (χ2n) is 5.64. The number of nitrogens with zero attached hydrogens (tertiary/aromatic N) is 1. The first-order valence-corrected chi connectivity index (χ1v) is 10.3. The van der Waals surface area contributed by atoms with Gasteiger partial charge in [-0.25, -0.2) is 9.78 Å². The summed E-state index contributed by atoms with van der Waals surface area (Å²) in [5.74, 6) is 0.331. The molecule has 8 heteroatoms. The predicted octanol–water partition coefficient (Wildman–Crippen LogP) is 2.76. The molecule has 26 heavy (non-hydrogen) atoms. The summed E-state index contributed by atoms with van der Waals surface area (Å²) in [7, 11) is 0. The van der Waals surface area contributed by atoms with Crippen molar-refractivity contribution in [2.45, 2.75) is 31.7 Å². The van der Waals surface area contributed by atoms with Crippen molar-refractivity contribution in [3.8, 4) is 0 Å². The van der Waals surface area contributed by atoms with Crippen LogP contribution in [0.4, 0.5) is 0 Å². The number of rotatable bonds is 9. The number of hydrogen-bond acceptors (Lipinski definition) is 7. The number of ether oxygens (including phenoxy) is 1. The third kappa shape index (κ3) is 6.12. The summed E-state index contributed by atoms with van der Waals surface area (Å²) in [5.41, 5.74) is 7.20. The number of carbonyl (C=O) groups is 2. The van der Waals surface area contributed by atoms with Gasteiger partial charge in [0.1, 0.15) is 16.7 Å². The first kappa shape index (κ1) is 20.4. The molecule has 0 aliphatic rings. The molecule has 140 valence electrons. The van der Waals surface area contributed by atoms with Gasteiger partial charge in [0.15, 0.2) is 0 Å². The van der Waals surface area contributed by atoms with E-state index in [9.17, 15) is 9.59 Å². The number of aromatic nitrogens is 1. The zero-order chi connectivity index (χ0) is 18.9. The maximum absolute atomic E-state index is 12.4. The standard InChI is InChI=1S/C18H23N3O3S2/c1-3-24-18(23)15(10-25-9-13-7-5-4-6-8-13)20-16(22)14-11-26-17(21-14)12(2)19/h4-8,11-12,15H,3,9-10,19H2,1-2H3,(H,20,22). The summed E-state index contributed by atoms with van der Waals surface area (Å²) in [5, 5.41) is 5.05. The van der Waals surface area contributed by atoms with Crippen LogP contribution in [0, 0.1) is 0 Å². The minimum absolute atomic E-state index is 0.233. The van der Waals surface area contributed by atoms with Crippen molar-refractivity contribution in [1.29, 1.82) is 0 Å². The molecule has 0 aliphatic heterocycles. The van der Waals surface area contributed by atoms with Crippen molar-refractivity contribution in [1.82, 2.24) is 10.3 Å². The third-order valence-electron chi connectivity index (χ3n) is 3.42. The van der Waals surface area contributed by atoms with Gasteiger partial charge in [-0.2, -0.15) is 11.8 Å². The van der Waals surface area contributed by atoms with Crippen LogP contribution in [0.5, 0.6) is 0 Å². The number of carbonyl (C=O) groups excluding carboxylic acids is 2. The monoisotopic (exact) mass is 393 g/mol. The minimum Gasteiger partial charge on any atom is -0.464 e. The Morgan fingerprint density at radius 3 is 2.69 bits per heavy atom. The zero-order valence-electron chi connectivity index (χ0n) is 14.8. The molecule has 0 aliphatic carbocycles. The Bertz CT molecular complexity index is 719. The Labute approximate surface area is 161 Å². The lowest BCUT2D eigenvalue weighted by molar-refractivity contribution is -0.144. The fourth-order valence-electron chi connectivity index (χ4n) is 2.11. The molecule has 1 aromatic carbocycles. The highest BCUT2D eigenvalue weighted by atomic mass is 32.2. The van der Waals surface area contributed by atoms with Gasteiger partial charge in [0, 0.05) is 16.9 Å². The summed E-state index contributed by atoms with van der Waals surface area (Å²) in [6, 6.07) is 8.99. The van der Waals surface area contributed by atoms with Gasteiger partial charge in [0.05, 0.1) is 12.6 Å². The smallest absolute Gasteiger partial charge is 0.329 e. The molecule has 0 bridgehead atoms. The lowest BCUT2D eigenvalue weighted by Gasteiger charge is -2.16. The topological polar surface area (TPSA) is 94.3 Å². The van der Waals surface area contributed by atoms with Crippen molar-refractivity contribution in [3.63, 3.8) is 0 Å². The molecular weight excluding hydrogens is 370 g/mol. The summed E-state index contributed by atoms with van der Waals surface area (Å²) in [6.07, 6.45) is 0. The number of nitrogens with two attached hydrogens (primary N) is 1. The molecule has 0 saturated carbocycles. The van der Waals surface area contributed by atoms with Gasteiger partial charge in [-0.1, -0.05) is 30.3 Å². The van der Waals surface area contributed by atoms with Gasteiger partial charge in [0.25, 0.3) is 5.91 Å². The van der Waals surface area contributed by atoms with Crippen LogP contribution in [0.3, 0.4) is 0 Å². The number of thioether (sulfide) groups is 1. The lowest BCUT2D eigenvalue weighted by atomic mass is 10.2. The molecule has 0 spiro atoms. The Balaban J connectivity index is 1.96. The van der Waals surface area contributed by atoms with Crippen LogP contribution in [0.2, 0.25) is 0 Å². The van der Waals surface area contributed by atoms with Gasteiger partial charge in [0.2, 0.25) is 0 Å². The number of amides is 1. The largest absolute Gasteiger partial charge is 0.464 e. The highest BCUT2D eigenvalue weighted by Crippen LogP contribution is 2.17. The van der Waals surface area contributed by atoms with E-state index >= 15 is 0 Å². The van der Waals surface area contributed by atoms with Crippen LogP contribution in [0.1, 0.15) is 40.9 Å². The van der Waals surface area contributed by atoms with E-state index in [0.29, 0.717) is 10.8 Å². The fourth-order valence-corrected chi connectivity index (χ4v) is 3.87. The average molecular weight is 394 g/mol. The SMILES string of the molecule is CCOC(=O)C(CSCc1ccccc1)NC(=O)c1csc(C(C)N)n1. The van der Waals surface area contributed by atoms with E-state index in [1.165, 1.54) is 11.3 Å². The van der Waals surface area contributed by atoms with E-state index in [0.717, 1.165) is 11.3 Å². The van der Waals surface area contributed by atoms with Gasteiger partial charge < -0.3 is 15.8 Å². The van der Waals surface area contributed by atoms with E-state index in [4.69, 9.17) is 10.5 Å². The molecule has 1 aromatic heterocycles. The van der Waals surface area contributed by atoms with Gasteiger partial charge in [-0.05, 0) is 19.4 Å². The fraction of sp³-hybridized carbons (Fsp3) is 0.389. The molecule has 6 nitrogen and oxygen atoms in total. The van der Waals surface area contributed by atoms with Gasteiger partial charge in [-0.15, -0.1) is 11.3 Å². The van der Waals surface area contributed by atoms with Crippen LogP contribution in [0.15, 0.2) is 35.7 Å². The number of thiazole rings is 1. The highest BCUT2D eigenvalue weighted by molar-refractivity contribution is 7.98. The lowest BCUT2D eigenvalue weighted by Crippen LogP contribution is -2.43. The molecule has 3 N–H and O–H groups in total. The maximum atomic E-state index is 12.4. The van der Waals surface area contributed by atoms with Crippen molar-refractivity contribution < 1.29 is 14.3 Å². The average Bonchev–Trinajstić information content (AvgIpc) is 3.12. The van der Waals surface area contributed by atoms with E-state index in [-0.39, 0.29) is 18.3 Å². The first-order valence-electron chi connectivity index (χ1n) is 8.31. The Kier molecular flexibility index (Phi) is 8.08. The number of nitrogens with one attached hydrogen (secondary N) is 1. The summed E-state index contributed by atoms with van der Waals surface area (Å²) in [6.45, 7) is 3.81. The zero-order valence-corrected chi connectivity index (χ0v) is 16.4. The second kappa shape index (κ2) is 10.3. The number of hydrogen-bond donors (Lipinski definition) is 2. The van der Waals surface area contributed by atoms with Crippen LogP contribution in [-0.2, 0) is 15.3 Å². The molecule has 2 aromatic rings. The molecule has 2 atom stereocenters. The van der Waals surface area contributed by atoms with Crippen LogP contribution < -0.4 is 11.1 Å². The van der Waals surface area contributed by atoms with E-state index < -0.39 is 17.9 Å². The normalized spacial score (nSPS) is 13.0. The first-order chi connectivity index (χ1) is 12.5. The number of esters is 1. The second-order valence-corrected chi connectivity index (χ2v) is 7.56. The summed E-state index contributed by atoms with van der Waals surface area (Å²) >= 11 is 2.89. The van der Waals surface area contributed by atoms with E-state index in [2.05, 4.69) is 10.3 Å². The molecule has 0 saturated heterocycles. The predicted molar refractivity (Wildman–Crippen MR) is 105 cm³/mol. The van der Waals surface area contributed by atoms with Crippen molar-refractivity contribution >= 4 is 35.0 Å². The Morgan fingerprint density at radius 1 is 1.35 bits per heavy atom. The molecular formula is C18H23N3O3S2. The highest BCUT2D eigenvalue weighted by Gasteiger charge is 2.24. The molecule has 0 radical (unpaired) electrons. The van der Waals surface area contributed by atoms with E-state index in [1.54, 1.807) is 24.1 Å². The number of benzene rings is 1. The van der Waals surface area contributed by atoms with E-state index in [1.807, 2.05) is 37.3 Å². The Morgan fingerprint density at radius 2 is 2.08 bits per heavy atom. The molecule has 2 unspecified atom stereocenters. The van der Waals surface area contributed by atoms with Crippen LogP contribution in [0.25, 0.3) is 0 Å². The maximum Gasteiger partial charge on any atom is 0.329 e. The van der Waals surface area contributed by atoms with Crippen molar-refractivity contribution in [3.05, 3.63) is 52.0 Å². The van der Waals surface area contributed by atoms with Gasteiger partial charge in [-0.3, -0.25) is 4.79 Å². The molecule has 1 heterocycles. The quantitative estimate of drug-likeness (QED) is 0.636. The van der Waals surface area contributed by atoms with Crippen LogP contribution >= 0.6 is 23.1 Å². The van der Waals surface area contributed by atoms with Crippen molar-refractivity contribution in [2.24, 2.45) is 5.73 Å². The Hall–Kier alpha value is -1.90. The summed E-state index contributed by atoms with van der Waals surface area (Å²) < 4.78 is 5.08. The van der Waals surface area contributed by atoms with Crippen LogP contribution in [-0.4, -0.2) is 35.3 Å². The third-order valence-corrected chi connectivity index (χ3v) is 5.57. The molecule has 0 fully saturated rings. The molecule has 2 rings (SSSR count). The van der Waals surface area contributed by atoms with Crippen molar-refractivity contribution in [2.75, 3.05) is 12.4 Å². The van der Waals surface area contributed by atoms with Gasteiger partial charge >= 0.3 is 5.97 Å². The minimum atomic E-state index is -0.725. The summed E-state index contributed by atoms with van der Waals surface area (Å²) in [4.78, 5) is 28.8.